The maximum absolute atomic E-state index is 4.62. The molecule has 19 heavy (non-hydrogen) atoms. The monoisotopic (exact) mass is 259 g/mol. The van der Waals surface area contributed by atoms with E-state index in [-0.39, 0.29) is 16.2 Å². The van der Waals surface area contributed by atoms with Crippen LogP contribution in [0.5, 0.6) is 0 Å². The van der Waals surface area contributed by atoms with Crippen LogP contribution in [0.4, 0.5) is 5.82 Å². The van der Waals surface area contributed by atoms with Crippen molar-refractivity contribution in [2.45, 2.75) is 53.9 Å². The van der Waals surface area contributed by atoms with Crippen molar-refractivity contribution >= 4 is 18.1 Å². The van der Waals surface area contributed by atoms with Crippen molar-refractivity contribution in [3.8, 4) is 0 Å². The Morgan fingerprint density at radius 1 is 1.11 bits per heavy atom. The summed E-state index contributed by atoms with van der Waals surface area (Å²) in [6, 6.07) is 0. The third-order valence-corrected chi connectivity index (χ3v) is 4.09. The van der Waals surface area contributed by atoms with Gasteiger partial charge in [-0.15, -0.1) is 0 Å². The van der Waals surface area contributed by atoms with Crippen molar-refractivity contribution in [2.75, 3.05) is 0 Å². The van der Waals surface area contributed by atoms with Crippen LogP contribution in [0.1, 0.15) is 60.0 Å². The molecule has 0 spiro atoms. The lowest BCUT2D eigenvalue weighted by atomic mass is 9.68. The molecule has 2 rings (SSSR count). The minimum Gasteiger partial charge on any atom is -0.340 e. The van der Waals surface area contributed by atoms with Gasteiger partial charge in [-0.25, -0.2) is 9.98 Å². The summed E-state index contributed by atoms with van der Waals surface area (Å²) >= 11 is 0. The summed E-state index contributed by atoms with van der Waals surface area (Å²) in [5.41, 5.74) is 1.09. The van der Waals surface area contributed by atoms with E-state index in [4.69, 9.17) is 0 Å². The van der Waals surface area contributed by atoms with Gasteiger partial charge in [0.05, 0.1) is 5.69 Å². The van der Waals surface area contributed by atoms with Crippen LogP contribution in [0.15, 0.2) is 11.1 Å². The van der Waals surface area contributed by atoms with Crippen LogP contribution in [0.2, 0.25) is 0 Å². The fraction of sp³-hybridized carbons (Fsp3) is 0.625. The Bertz CT molecular complexity index is 502. The average molecular weight is 259 g/mol. The summed E-state index contributed by atoms with van der Waals surface area (Å²) in [6.07, 6.45) is 6.38. The minimum atomic E-state index is -0.0591. The maximum Gasteiger partial charge on any atom is 0.177 e. The van der Waals surface area contributed by atoms with Crippen LogP contribution in [0, 0.1) is 10.8 Å². The summed E-state index contributed by atoms with van der Waals surface area (Å²) in [6.45, 7) is 15.4. The number of aliphatic imine (C=N–C) groups is 1. The minimum absolute atomic E-state index is 0.0168. The SMILES string of the molecule is CC(C)(C)c1nc2c([nH]1)C=CC(C)(C(C)(C)C)C=N2. The number of allylic oxidation sites excluding steroid dienone is 1. The smallest absolute Gasteiger partial charge is 0.177 e. The summed E-state index contributed by atoms with van der Waals surface area (Å²) in [5, 5.41) is 0. The number of fused-ring (bicyclic) bond motifs is 1. The summed E-state index contributed by atoms with van der Waals surface area (Å²) in [7, 11) is 0. The van der Waals surface area contributed by atoms with Crippen LogP contribution < -0.4 is 0 Å². The third kappa shape index (κ3) is 2.51. The molecule has 1 aliphatic heterocycles. The Balaban J connectivity index is 2.43. The van der Waals surface area contributed by atoms with Crippen molar-refractivity contribution in [1.82, 2.24) is 9.97 Å². The first kappa shape index (κ1) is 14.0. The Morgan fingerprint density at radius 3 is 2.26 bits per heavy atom. The molecule has 1 unspecified atom stereocenters. The standard InChI is InChI=1S/C16H25N3/c1-14(2,3)13-18-11-8-9-16(7,15(4,5)6)10-17-12(11)19-13/h8-10H,1-7H3,(H,18,19). The third-order valence-electron chi connectivity index (χ3n) is 4.09. The zero-order valence-electron chi connectivity index (χ0n) is 13.1. The Morgan fingerprint density at radius 2 is 1.74 bits per heavy atom. The van der Waals surface area contributed by atoms with Gasteiger partial charge in [0.15, 0.2) is 5.82 Å². The normalized spacial score (nSPS) is 23.3. The van der Waals surface area contributed by atoms with E-state index in [0.717, 1.165) is 17.3 Å². The van der Waals surface area contributed by atoms with E-state index in [2.05, 4.69) is 75.6 Å². The number of nitrogens with one attached hydrogen (secondary N) is 1. The van der Waals surface area contributed by atoms with E-state index in [0.29, 0.717) is 0 Å². The van der Waals surface area contributed by atoms with Gasteiger partial charge in [-0.1, -0.05) is 54.5 Å². The van der Waals surface area contributed by atoms with Crippen molar-refractivity contribution in [1.29, 1.82) is 0 Å². The molecule has 1 aromatic rings. The topological polar surface area (TPSA) is 41.0 Å². The van der Waals surface area contributed by atoms with Crippen molar-refractivity contribution in [2.24, 2.45) is 15.8 Å². The largest absolute Gasteiger partial charge is 0.340 e. The highest BCUT2D eigenvalue weighted by atomic mass is 15.0. The second-order valence-corrected chi connectivity index (χ2v) is 7.70. The molecule has 0 saturated heterocycles. The molecule has 0 radical (unpaired) electrons. The second kappa shape index (κ2) is 4.06. The average Bonchev–Trinajstić information content (AvgIpc) is 2.58. The van der Waals surface area contributed by atoms with Gasteiger partial charge < -0.3 is 4.98 Å². The van der Waals surface area contributed by atoms with Crippen LogP contribution in [-0.2, 0) is 5.41 Å². The fourth-order valence-corrected chi connectivity index (χ4v) is 1.89. The van der Waals surface area contributed by atoms with Gasteiger partial charge in [0, 0.05) is 17.0 Å². The lowest BCUT2D eigenvalue weighted by molar-refractivity contribution is 0.258. The molecule has 0 saturated carbocycles. The number of rotatable bonds is 0. The molecule has 3 heteroatoms. The van der Waals surface area contributed by atoms with Crippen molar-refractivity contribution in [3.63, 3.8) is 0 Å². The quantitative estimate of drug-likeness (QED) is 0.732. The van der Waals surface area contributed by atoms with Crippen LogP contribution >= 0.6 is 0 Å². The first-order valence-corrected chi connectivity index (χ1v) is 6.88. The van der Waals surface area contributed by atoms with Gasteiger partial charge in [-0.05, 0) is 11.5 Å². The highest BCUT2D eigenvalue weighted by molar-refractivity contribution is 5.78. The number of aromatic nitrogens is 2. The van der Waals surface area contributed by atoms with E-state index < -0.39 is 0 Å². The molecule has 1 aromatic heterocycles. The van der Waals surface area contributed by atoms with E-state index in [1.165, 1.54) is 0 Å². The molecule has 1 aliphatic rings. The summed E-state index contributed by atoms with van der Waals surface area (Å²) in [5.74, 6) is 1.79. The number of hydrogen-bond donors (Lipinski definition) is 1. The zero-order chi connectivity index (χ0) is 14.5. The highest BCUT2D eigenvalue weighted by Crippen LogP contribution is 2.41. The van der Waals surface area contributed by atoms with E-state index in [9.17, 15) is 0 Å². The molecular weight excluding hydrogens is 234 g/mol. The molecule has 0 bridgehead atoms. The number of nitrogens with zero attached hydrogens (tertiary/aromatic N) is 2. The molecule has 0 amide bonds. The lowest BCUT2D eigenvalue weighted by Crippen LogP contribution is -2.32. The molecule has 0 fully saturated rings. The lowest BCUT2D eigenvalue weighted by Gasteiger charge is -2.35. The number of imidazole rings is 1. The van der Waals surface area contributed by atoms with Gasteiger partial charge >= 0.3 is 0 Å². The molecule has 1 atom stereocenters. The number of aromatic amines is 1. The first-order chi connectivity index (χ1) is 8.53. The van der Waals surface area contributed by atoms with E-state index >= 15 is 0 Å². The second-order valence-electron chi connectivity index (χ2n) is 7.70. The van der Waals surface area contributed by atoms with Gasteiger partial charge in [-0.2, -0.15) is 0 Å². The molecule has 1 N–H and O–H groups in total. The van der Waals surface area contributed by atoms with E-state index in [1.54, 1.807) is 0 Å². The molecule has 0 aromatic carbocycles. The van der Waals surface area contributed by atoms with E-state index in [1.807, 2.05) is 6.21 Å². The van der Waals surface area contributed by atoms with Gasteiger partial charge in [-0.3, -0.25) is 0 Å². The molecule has 2 heterocycles. The Kier molecular flexibility index (Phi) is 3.00. The molecular formula is C16H25N3. The van der Waals surface area contributed by atoms with Crippen LogP contribution in [0.3, 0.4) is 0 Å². The number of hydrogen-bond acceptors (Lipinski definition) is 2. The molecule has 0 aliphatic carbocycles. The Labute approximate surface area is 116 Å². The van der Waals surface area contributed by atoms with Crippen molar-refractivity contribution < 1.29 is 0 Å². The number of H-pyrrole nitrogens is 1. The summed E-state index contributed by atoms with van der Waals surface area (Å²) in [4.78, 5) is 12.6. The first-order valence-electron chi connectivity index (χ1n) is 6.88. The van der Waals surface area contributed by atoms with Crippen LogP contribution in [0.25, 0.3) is 6.08 Å². The van der Waals surface area contributed by atoms with Gasteiger partial charge in [0.2, 0.25) is 0 Å². The maximum atomic E-state index is 4.62. The van der Waals surface area contributed by atoms with Gasteiger partial charge in [0.25, 0.3) is 0 Å². The Hall–Kier alpha value is -1.38. The predicted octanol–water partition coefficient (Wildman–Crippen LogP) is 4.49. The zero-order valence-corrected chi connectivity index (χ0v) is 13.1. The van der Waals surface area contributed by atoms with Crippen LogP contribution in [-0.4, -0.2) is 16.2 Å². The predicted molar refractivity (Wildman–Crippen MR) is 82.0 cm³/mol. The van der Waals surface area contributed by atoms with Crippen molar-refractivity contribution in [3.05, 3.63) is 17.6 Å². The molecule has 3 nitrogen and oxygen atoms in total. The fourth-order valence-electron chi connectivity index (χ4n) is 1.89. The highest BCUT2D eigenvalue weighted by Gasteiger charge is 2.35. The summed E-state index contributed by atoms with van der Waals surface area (Å²) < 4.78 is 0. The molecule has 104 valence electrons. The van der Waals surface area contributed by atoms with Gasteiger partial charge in [0.1, 0.15) is 5.82 Å².